The molecule has 5 nitrogen and oxygen atoms in total. The molecule has 4 rings (SSSR count). The van der Waals surface area contributed by atoms with Gasteiger partial charge >= 0.3 is 0 Å². The number of benzene rings is 1. The Labute approximate surface area is 166 Å². The largest absolute Gasteiger partial charge is 0.496 e. The molecule has 0 spiro atoms. The maximum Gasteiger partial charge on any atom is 0.160 e. The number of pyridine rings is 2. The Bertz CT molecular complexity index is 1030. The van der Waals surface area contributed by atoms with Gasteiger partial charge in [0.15, 0.2) is 5.65 Å². The third kappa shape index (κ3) is 3.36. The van der Waals surface area contributed by atoms with E-state index < -0.39 is 5.60 Å². The van der Waals surface area contributed by atoms with Crippen LogP contribution >= 0.6 is 0 Å². The number of hydrogen-bond donors (Lipinski definition) is 1. The Morgan fingerprint density at radius 2 is 1.89 bits per heavy atom. The summed E-state index contributed by atoms with van der Waals surface area (Å²) in [5.74, 6) is 0.813. The number of rotatable bonds is 3. The van der Waals surface area contributed by atoms with Crippen molar-refractivity contribution in [1.29, 1.82) is 0 Å². The summed E-state index contributed by atoms with van der Waals surface area (Å²) < 4.78 is 5.61. The minimum atomic E-state index is -0.920. The lowest BCUT2D eigenvalue weighted by atomic mass is 9.89. The smallest absolute Gasteiger partial charge is 0.160 e. The Balaban J connectivity index is 1.81. The number of fused-ring (bicyclic) bond motifs is 1. The molecule has 1 unspecified atom stereocenters. The van der Waals surface area contributed by atoms with Crippen molar-refractivity contribution in [1.82, 2.24) is 14.9 Å². The summed E-state index contributed by atoms with van der Waals surface area (Å²) in [6.45, 7) is 5.73. The monoisotopic (exact) mass is 377 g/mol. The van der Waals surface area contributed by atoms with Crippen LogP contribution in [0.2, 0.25) is 0 Å². The van der Waals surface area contributed by atoms with Gasteiger partial charge in [-0.3, -0.25) is 0 Å². The molecular weight excluding hydrogens is 350 g/mol. The molecule has 28 heavy (non-hydrogen) atoms. The highest BCUT2D eigenvalue weighted by Gasteiger charge is 2.35. The SMILES string of the molecule is COc1cc(C)cc(C)c1-c1ccc2ccc(C3(O)CCCN(C)C3)nc2n1. The standard InChI is InChI=1S/C23H27N3O2/c1-15-12-16(2)21(19(13-15)28-4)18-8-6-17-7-9-20(25-22(17)24-18)23(27)10-5-11-26(3)14-23/h6-9,12-13,27H,5,10-11,14H2,1-4H3. The van der Waals surface area contributed by atoms with Crippen LogP contribution < -0.4 is 4.74 Å². The number of β-amino-alcohol motifs (C(OH)–C–C–N with tert-alkyl or cyclic N) is 1. The van der Waals surface area contributed by atoms with Crippen molar-refractivity contribution in [2.45, 2.75) is 32.3 Å². The summed E-state index contributed by atoms with van der Waals surface area (Å²) in [5, 5.41) is 12.1. The van der Waals surface area contributed by atoms with E-state index >= 15 is 0 Å². The van der Waals surface area contributed by atoms with Gasteiger partial charge in [-0.1, -0.05) is 6.07 Å². The Morgan fingerprint density at radius 3 is 2.64 bits per heavy atom. The molecule has 0 bridgehead atoms. The number of ether oxygens (including phenoxy) is 1. The zero-order chi connectivity index (χ0) is 19.9. The maximum atomic E-state index is 11.2. The Hall–Kier alpha value is -2.50. The molecule has 1 saturated heterocycles. The van der Waals surface area contributed by atoms with Gasteiger partial charge in [-0.15, -0.1) is 0 Å². The van der Waals surface area contributed by atoms with Crippen LogP contribution in [0.4, 0.5) is 0 Å². The Kier molecular flexibility index (Phi) is 4.81. The first-order chi connectivity index (χ1) is 13.4. The zero-order valence-corrected chi connectivity index (χ0v) is 17.0. The van der Waals surface area contributed by atoms with Gasteiger partial charge < -0.3 is 14.7 Å². The Morgan fingerprint density at radius 1 is 1.11 bits per heavy atom. The van der Waals surface area contributed by atoms with Crippen molar-refractivity contribution >= 4 is 11.0 Å². The van der Waals surface area contributed by atoms with Gasteiger partial charge in [-0.25, -0.2) is 9.97 Å². The molecule has 1 aliphatic rings. The molecule has 1 fully saturated rings. The topological polar surface area (TPSA) is 58.5 Å². The van der Waals surface area contributed by atoms with E-state index in [1.807, 2.05) is 37.4 Å². The number of piperidine rings is 1. The van der Waals surface area contributed by atoms with E-state index in [-0.39, 0.29) is 0 Å². The first-order valence-corrected chi connectivity index (χ1v) is 9.74. The van der Waals surface area contributed by atoms with Crippen molar-refractivity contribution in [3.05, 3.63) is 53.2 Å². The molecule has 0 radical (unpaired) electrons. The van der Waals surface area contributed by atoms with Gasteiger partial charge in [0, 0.05) is 17.5 Å². The summed E-state index contributed by atoms with van der Waals surface area (Å²) in [4.78, 5) is 11.8. The fourth-order valence-electron chi connectivity index (χ4n) is 4.27. The van der Waals surface area contributed by atoms with Gasteiger partial charge in [-0.2, -0.15) is 0 Å². The predicted octanol–water partition coefficient (Wildman–Crippen LogP) is 3.84. The van der Waals surface area contributed by atoms with Gasteiger partial charge in [0.1, 0.15) is 11.4 Å². The summed E-state index contributed by atoms with van der Waals surface area (Å²) in [6.07, 6.45) is 1.68. The highest BCUT2D eigenvalue weighted by molar-refractivity contribution is 5.81. The van der Waals surface area contributed by atoms with Crippen molar-refractivity contribution in [2.24, 2.45) is 0 Å². The highest BCUT2D eigenvalue weighted by atomic mass is 16.5. The average molecular weight is 377 g/mol. The number of likely N-dealkylation sites (tertiary alicyclic amines) is 1. The summed E-state index contributed by atoms with van der Waals surface area (Å²) in [7, 11) is 3.72. The minimum Gasteiger partial charge on any atom is -0.496 e. The normalized spacial score (nSPS) is 20.5. The number of hydrogen-bond acceptors (Lipinski definition) is 5. The fourth-order valence-corrected chi connectivity index (χ4v) is 4.27. The van der Waals surface area contributed by atoms with E-state index in [1.54, 1.807) is 7.11 Å². The minimum absolute atomic E-state index is 0.593. The predicted molar refractivity (Wildman–Crippen MR) is 112 cm³/mol. The second-order valence-corrected chi connectivity index (χ2v) is 7.97. The molecule has 1 N–H and O–H groups in total. The molecule has 3 aromatic rings. The third-order valence-electron chi connectivity index (χ3n) is 5.61. The number of aliphatic hydroxyl groups is 1. The summed E-state index contributed by atoms with van der Waals surface area (Å²) >= 11 is 0. The molecule has 1 atom stereocenters. The fraction of sp³-hybridized carbons (Fsp3) is 0.391. The summed E-state index contributed by atoms with van der Waals surface area (Å²) in [6, 6.07) is 12.1. The molecule has 0 amide bonds. The average Bonchev–Trinajstić information content (AvgIpc) is 2.66. The molecule has 0 saturated carbocycles. The molecule has 3 heterocycles. The highest BCUT2D eigenvalue weighted by Crippen LogP contribution is 2.35. The second kappa shape index (κ2) is 7.15. The quantitative estimate of drug-likeness (QED) is 0.752. The van der Waals surface area contributed by atoms with E-state index in [2.05, 4.69) is 24.8 Å². The van der Waals surface area contributed by atoms with Crippen molar-refractivity contribution in [2.75, 3.05) is 27.2 Å². The number of aromatic nitrogens is 2. The first kappa shape index (κ1) is 18.8. The van der Waals surface area contributed by atoms with Crippen LogP contribution in [-0.4, -0.2) is 47.2 Å². The van der Waals surface area contributed by atoms with Gasteiger partial charge in [0.2, 0.25) is 0 Å². The van der Waals surface area contributed by atoms with Gasteiger partial charge in [-0.05, 0) is 81.7 Å². The summed E-state index contributed by atoms with van der Waals surface area (Å²) in [5.41, 5.74) is 4.52. The van der Waals surface area contributed by atoms with Crippen molar-refractivity contribution < 1.29 is 9.84 Å². The van der Waals surface area contributed by atoms with Gasteiger partial charge in [0.25, 0.3) is 0 Å². The molecule has 1 aliphatic heterocycles. The van der Waals surface area contributed by atoms with Crippen LogP contribution in [0.1, 0.15) is 29.7 Å². The van der Waals surface area contributed by atoms with Crippen LogP contribution in [-0.2, 0) is 5.60 Å². The molecule has 1 aromatic carbocycles. The van der Waals surface area contributed by atoms with Crippen molar-refractivity contribution in [3.8, 4) is 17.0 Å². The molecule has 5 heteroatoms. The van der Waals surface area contributed by atoms with E-state index in [0.717, 1.165) is 52.9 Å². The third-order valence-corrected chi connectivity index (χ3v) is 5.61. The van der Waals surface area contributed by atoms with Crippen LogP contribution in [0.3, 0.4) is 0 Å². The van der Waals surface area contributed by atoms with Crippen LogP contribution in [0.5, 0.6) is 5.75 Å². The second-order valence-electron chi connectivity index (χ2n) is 7.97. The number of methoxy groups -OCH3 is 1. The zero-order valence-electron chi connectivity index (χ0n) is 17.0. The van der Waals surface area contributed by atoms with Crippen molar-refractivity contribution in [3.63, 3.8) is 0 Å². The molecular formula is C23H27N3O2. The number of likely N-dealkylation sites (N-methyl/N-ethyl adjacent to an activating group) is 1. The van der Waals surface area contributed by atoms with Gasteiger partial charge in [0.05, 0.1) is 18.5 Å². The van der Waals surface area contributed by atoms with E-state index in [4.69, 9.17) is 14.7 Å². The lowest BCUT2D eigenvalue weighted by molar-refractivity contribution is -0.0309. The van der Waals surface area contributed by atoms with E-state index in [9.17, 15) is 5.11 Å². The lowest BCUT2D eigenvalue weighted by Gasteiger charge is -2.36. The van der Waals surface area contributed by atoms with E-state index in [0.29, 0.717) is 17.9 Å². The van der Waals surface area contributed by atoms with E-state index in [1.165, 1.54) is 0 Å². The maximum absolute atomic E-state index is 11.2. The number of aryl methyl sites for hydroxylation is 2. The van der Waals surface area contributed by atoms with Crippen LogP contribution in [0.15, 0.2) is 36.4 Å². The first-order valence-electron chi connectivity index (χ1n) is 9.74. The lowest BCUT2D eigenvalue weighted by Crippen LogP contribution is -2.44. The van der Waals surface area contributed by atoms with Crippen LogP contribution in [0.25, 0.3) is 22.3 Å². The molecule has 0 aliphatic carbocycles. The molecule has 2 aromatic heterocycles. The number of nitrogens with zero attached hydrogens (tertiary/aromatic N) is 3. The molecule has 146 valence electrons. The van der Waals surface area contributed by atoms with Crippen LogP contribution in [0, 0.1) is 13.8 Å².